The molecule has 1 aromatic carbocycles. The molecule has 0 atom stereocenters. The molecule has 0 saturated carbocycles. The first kappa shape index (κ1) is 15.5. The molecule has 1 N–H and O–H groups in total. The van der Waals surface area contributed by atoms with Gasteiger partial charge in [-0.2, -0.15) is 0 Å². The van der Waals surface area contributed by atoms with Crippen LogP contribution in [0.5, 0.6) is 0 Å². The van der Waals surface area contributed by atoms with Crippen LogP contribution in [0.3, 0.4) is 0 Å². The number of aromatic nitrogens is 1. The summed E-state index contributed by atoms with van der Waals surface area (Å²) in [5.41, 5.74) is 1.87. The number of amides is 1. The molecule has 0 unspecified atom stereocenters. The Hall–Kier alpha value is -2.43. The zero-order valence-electron chi connectivity index (χ0n) is 13.2. The van der Waals surface area contributed by atoms with E-state index < -0.39 is 0 Å². The van der Waals surface area contributed by atoms with Gasteiger partial charge in [-0.3, -0.25) is 4.79 Å². The Bertz CT molecular complexity index is 711. The lowest BCUT2D eigenvalue weighted by Crippen LogP contribution is -2.32. The van der Waals surface area contributed by atoms with Crippen LogP contribution >= 0.6 is 0 Å². The number of hydrogen-bond acceptors (Lipinski definition) is 3. The molecule has 5 heteroatoms. The van der Waals surface area contributed by atoms with Crippen molar-refractivity contribution in [1.29, 1.82) is 0 Å². The third kappa shape index (κ3) is 3.50. The highest BCUT2D eigenvalue weighted by Crippen LogP contribution is 2.23. The fourth-order valence-corrected chi connectivity index (χ4v) is 2.89. The highest BCUT2D eigenvalue weighted by Gasteiger charge is 2.20. The summed E-state index contributed by atoms with van der Waals surface area (Å²) < 4.78 is 13.2. The lowest BCUT2D eigenvalue weighted by molar-refractivity contribution is 0.102. The highest BCUT2D eigenvalue weighted by atomic mass is 19.1. The Morgan fingerprint density at radius 2 is 2.00 bits per heavy atom. The number of nitrogens with one attached hydrogen (secondary N) is 1. The molecule has 2 heterocycles. The first-order chi connectivity index (χ1) is 11.1. The van der Waals surface area contributed by atoms with Crippen molar-refractivity contribution in [3.05, 3.63) is 53.5 Å². The quantitative estimate of drug-likeness (QED) is 0.938. The van der Waals surface area contributed by atoms with Crippen LogP contribution < -0.4 is 10.2 Å². The van der Waals surface area contributed by atoms with Crippen molar-refractivity contribution in [2.75, 3.05) is 23.3 Å². The first-order valence-corrected chi connectivity index (χ1v) is 7.92. The number of piperidine rings is 1. The van der Waals surface area contributed by atoms with Gasteiger partial charge in [-0.1, -0.05) is 0 Å². The first-order valence-electron chi connectivity index (χ1n) is 7.92. The van der Waals surface area contributed by atoms with Crippen LogP contribution in [0.2, 0.25) is 0 Å². The van der Waals surface area contributed by atoms with Crippen molar-refractivity contribution in [1.82, 2.24) is 4.98 Å². The van der Waals surface area contributed by atoms with E-state index in [1.807, 2.05) is 0 Å². The van der Waals surface area contributed by atoms with Gasteiger partial charge in [0.25, 0.3) is 5.91 Å². The number of benzene rings is 1. The van der Waals surface area contributed by atoms with E-state index in [0.717, 1.165) is 31.7 Å². The number of nitrogens with zero attached hydrogens (tertiary/aromatic N) is 2. The molecule has 1 aromatic heterocycles. The standard InChI is InChI=1S/C18H20FN3O/c1-13-12-14(19)7-8-16(13)21-18(23)15-6-5-9-20-17(15)22-10-3-2-4-11-22/h5-9,12H,2-4,10-11H2,1H3,(H,21,23). The molecule has 1 saturated heterocycles. The van der Waals surface area contributed by atoms with E-state index in [9.17, 15) is 9.18 Å². The molecular formula is C18H20FN3O. The van der Waals surface area contributed by atoms with E-state index >= 15 is 0 Å². The Kier molecular flexibility index (Phi) is 4.55. The smallest absolute Gasteiger partial charge is 0.259 e. The van der Waals surface area contributed by atoms with Gasteiger partial charge >= 0.3 is 0 Å². The molecular weight excluding hydrogens is 293 g/mol. The fraction of sp³-hybridized carbons (Fsp3) is 0.333. The second-order valence-electron chi connectivity index (χ2n) is 5.84. The van der Waals surface area contributed by atoms with Crippen LogP contribution in [-0.2, 0) is 0 Å². The van der Waals surface area contributed by atoms with E-state index in [1.54, 1.807) is 31.3 Å². The van der Waals surface area contributed by atoms with Gasteiger partial charge in [-0.15, -0.1) is 0 Å². The lowest BCUT2D eigenvalue weighted by atomic mass is 10.1. The maximum absolute atomic E-state index is 13.2. The van der Waals surface area contributed by atoms with Crippen molar-refractivity contribution in [2.24, 2.45) is 0 Å². The Labute approximate surface area is 135 Å². The van der Waals surface area contributed by atoms with Gasteiger partial charge < -0.3 is 10.2 Å². The molecule has 0 radical (unpaired) electrons. The zero-order chi connectivity index (χ0) is 16.2. The van der Waals surface area contributed by atoms with Crippen LogP contribution in [0.25, 0.3) is 0 Å². The summed E-state index contributed by atoms with van der Waals surface area (Å²) >= 11 is 0. The molecule has 4 nitrogen and oxygen atoms in total. The summed E-state index contributed by atoms with van der Waals surface area (Å²) in [4.78, 5) is 19.2. The summed E-state index contributed by atoms with van der Waals surface area (Å²) in [5.74, 6) is 0.203. The molecule has 1 aliphatic rings. The number of aryl methyl sites for hydroxylation is 1. The number of rotatable bonds is 3. The van der Waals surface area contributed by atoms with Gasteiger partial charge in [0.2, 0.25) is 0 Å². The van der Waals surface area contributed by atoms with Crippen molar-refractivity contribution in [2.45, 2.75) is 26.2 Å². The van der Waals surface area contributed by atoms with Crippen molar-refractivity contribution in [3.63, 3.8) is 0 Å². The summed E-state index contributed by atoms with van der Waals surface area (Å²) in [6.45, 7) is 3.62. The molecule has 23 heavy (non-hydrogen) atoms. The van der Waals surface area contributed by atoms with Crippen molar-refractivity contribution < 1.29 is 9.18 Å². The normalized spacial score (nSPS) is 14.6. The zero-order valence-corrected chi connectivity index (χ0v) is 13.2. The maximum Gasteiger partial charge on any atom is 0.259 e. The molecule has 2 aromatic rings. The monoisotopic (exact) mass is 313 g/mol. The van der Waals surface area contributed by atoms with E-state index in [-0.39, 0.29) is 11.7 Å². The number of pyridine rings is 1. The summed E-state index contributed by atoms with van der Waals surface area (Å²) in [5, 5.41) is 2.86. The molecule has 3 rings (SSSR count). The molecule has 1 amide bonds. The number of hydrogen-bond donors (Lipinski definition) is 1. The minimum Gasteiger partial charge on any atom is -0.356 e. The average molecular weight is 313 g/mol. The van der Waals surface area contributed by atoms with E-state index in [2.05, 4.69) is 15.2 Å². The average Bonchev–Trinajstić information content (AvgIpc) is 2.58. The molecule has 0 spiro atoms. The Morgan fingerprint density at radius 1 is 1.22 bits per heavy atom. The van der Waals surface area contributed by atoms with E-state index in [1.165, 1.54) is 18.6 Å². The van der Waals surface area contributed by atoms with Gasteiger partial charge in [0, 0.05) is 25.0 Å². The molecule has 120 valence electrons. The molecule has 0 bridgehead atoms. The van der Waals surface area contributed by atoms with Crippen LogP contribution in [-0.4, -0.2) is 24.0 Å². The minimum atomic E-state index is -0.309. The van der Waals surface area contributed by atoms with Crippen LogP contribution in [0.1, 0.15) is 35.2 Å². The SMILES string of the molecule is Cc1cc(F)ccc1NC(=O)c1cccnc1N1CCCCC1. The van der Waals surface area contributed by atoms with Crippen LogP contribution in [0.15, 0.2) is 36.5 Å². The predicted molar refractivity (Wildman–Crippen MR) is 89.4 cm³/mol. The number of anilines is 2. The third-order valence-corrected chi connectivity index (χ3v) is 4.12. The van der Waals surface area contributed by atoms with Crippen molar-refractivity contribution in [3.8, 4) is 0 Å². The predicted octanol–water partition coefficient (Wildman–Crippen LogP) is 3.77. The minimum absolute atomic E-state index is 0.214. The topological polar surface area (TPSA) is 45.2 Å². The number of carbonyl (C=O) groups is 1. The number of halogens is 1. The molecule has 1 aliphatic heterocycles. The second kappa shape index (κ2) is 6.77. The van der Waals surface area contributed by atoms with Crippen LogP contribution in [0, 0.1) is 12.7 Å². The summed E-state index contributed by atoms with van der Waals surface area (Å²) in [6.07, 6.45) is 5.17. The Morgan fingerprint density at radius 3 is 2.74 bits per heavy atom. The van der Waals surface area contributed by atoms with Crippen molar-refractivity contribution >= 4 is 17.4 Å². The second-order valence-corrected chi connectivity index (χ2v) is 5.84. The lowest BCUT2D eigenvalue weighted by Gasteiger charge is -2.29. The van der Waals surface area contributed by atoms with Gasteiger partial charge in [-0.05, 0) is 62.1 Å². The summed E-state index contributed by atoms with van der Waals surface area (Å²) in [6, 6.07) is 7.88. The number of carbonyl (C=O) groups excluding carboxylic acids is 1. The largest absolute Gasteiger partial charge is 0.356 e. The highest BCUT2D eigenvalue weighted by molar-refractivity contribution is 6.07. The maximum atomic E-state index is 13.2. The van der Waals surface area contributed by atoms with Gasteiger partial charge in [0.1, 0.15) is 11.6 Å². The third-order valence-electron chi connectivity index (χ3n) is 4.12. The van der Waals surface area contributed by atoms with Gasteiger partial charge in [0.05, 0.1) is 5.56 Å². The van der Waals surface area contributed by atoms with E-state index in [4.69, 9.17) is 0 Å². The Balaban J connectivity index is 1.84. The van der Waals surface area contributed by atoms with Gasteiger partial charge in [-0.25, -0.2) is 9.37 Å². The molecule has 0 aliphatic carbocycles. The fourth-order valence-electron chi connectivity index (χ4n) is 2.89. The summed E-state index contributed by atoms with van der Waals surface area (Å²) in [7, 11) is 0. The van der Waals surface area contributed by atoms with Gasteiger partial charge in [0.15, 0.2) is 0 Å². The molecule has 1 fully saturated rings. The van der Waals surface area contributed by atoms with Crippen LogP contribution in [0.4, 0.5) is 15.9 Å². The van der Waals surface area contributed by atoms with E-state index in [0.29, 0.717) is 16.8 Å².